The van der Waals surface area contributed by atoms with Crippen molar-refractivity contribution >= 4 is 34.0 Å². The van der Waals surface area contributed by atoms with Crippen molar-refractivity contribution in [1.82, 2.24) is 14.7 Å². The molecule has 0 radical (unpaired) electrons. The third-order valence-corrected chi connectivity index (χ3v) is 6.81. The molecule has 1 amide bonds. The van der Waals surface area contributed by atoms with Crippen molar-refractivity contribution in [2.75, 3.05) is 12.8 Å². The van der Waals surface area contributed by atoms with Gasteiger partial charge >= 0.3 is 0 Å². The number of thiazole rings is 1. The summed E-state index contributed by atoms with van der Waals surface area (Å²) in [6.45, 7) is 0.487. The van der Waals surface area contributed by atoms with Crippen LogP contribution in [0.1, 0.15) is 39.3 Å². The maximum absolute atomic E-state index is 12.9. The summed E-state index contributed by atoms with van der Waals surface area (Å²) in [6, 6.07) is 8.29. The van der Waals surface area contributed by atoms with Gasteiger partial charge in [-0.1, -0.05) is 12.1 Å². The highest BCUT2D eigenvalue weighted by Crippen LogP contribution is 2.28. The minimum Gasteiger partial charge on any atom is -0.351 e. The van der Waals surface area contributed by atoms with Gasteiger partial charge in [-0.25, -0.2) is 4.98 Å². The number of rotatable bonds is 5. The highest BCUT2D eigenvalue weighted by atomic mass is 32.2. The summed E-state index contributed by atoms with van der Waals surface area (Å²) in [4.78, 5) is 32.9. The molecule has 1 aromatic carbocycles. The number of aromatic nitrogens is 2. The molecule has 0 unspecified atom stereocenters. The highest BCUT2D eigenvalue weighted by molar-refractivity contribution is 7.98. The van der Waals surface area contributed by atoms with Gasteiger partial charge in [0, 0.05) is 28.2 Å². The molecule has 2 heterocycles. The number of fused-ring (bicyclic) bond motifs is 3. The van der Waals surface area contributed by atoms with Gasteiger partial charge in [0.1, 0.15) is 5.56 Å². The molecular weight excluding hydrogens is 378 g/mol. The van der Waals surface area contributed by atoms with Crippen LogP contribution in [0.4, 0.5) is 0 Å². The van der Waals surface area contributed by atoms with Gasteiger partial charge in [0.05, 0.1) is 0 Å². The third kappa shape index (κ3) is 3.66. The number of carbonyl (C=O) groups excluding carboxylic acids is 1. The summed E-state index contributed by atoms with van der Waals surface area (Å²) < 4.78 is 1.65. The average Bonchev–Trinajstić information content (AvgIpc) is 3.08. The molecule has 5 nitrogen and oxygen atoms in total. The second-order valence-corrected chi connectivity index (χ2v) is 8.57. The molecule has 4 rings (SSSR count). The van der Waals surface area contributed by atoms with Crippen LogP contribution in [0.15, 0.2) is 40.2 Å². The zero-order valence-corrected chi connectivity index (χ0v) is 16.8. The van der Waals surface area contributed by atoms with E-state index >= 15 is 0 Å². The third-order valence-electron chi connectivity index (χ3n) is 4.91. The molecule has 0 atom stereocenters. The fraction of sp³-hybridized carbons (Fsp3) is 0.350. The molecular formula is C20H21N3O2S2. The minimum absolute atomic E-state index is 0.122. The largest absolute Gasteiger partial charge is 0.351 e. The molecule has 0 spiro atoms. The van der Waals surface area contributed by atoms with Gasteiger partial charge in [0.25, 0.3) is 11.5 Å². The first-order chi connectivity index (χ1) is 13.2. The van der Waals surface area contributed by atoms with E-state index in [1.807, 2.05) is 6.26 Å². The van der Waals surface area contributed by atoms with E-state index in [0.29, 0.717) is 11.5 Å². The SMILES string of the molecule is CSc1ccc(CCNC(=O)c2cnc3sc4c(n3c2=O)CCCC4)cc1. The van der Waals surface area contributed by atoms with Gasteiger partial charge in [0.2, 0.25) is 0 Å². The van der Waals surface area contributed by atoms with Crippen molar-refractivity contribution in [1.29, 1.82) is 0 Å². The molecule has 0 fully saturated rings. The van der Waals surface area contributed by atoms with E-state index in [1.165, 1.54) is 16.0 Å². The first-order valence-electron chi connectivity index (χ1n) is 9.11. The molecule has 3 aromatic rings. The molecule has 7 heteroatoms. The summed E-state index contributed by atoms with van der Waals surface area (Å²) in [5.74, 6) is -0.349. The van der Waals surface area contributed by atoms with Gasteiger partial charge in [-0.15, -0.1) is 23.1 Å². The summed E-state index contributed by atoms with van der Waals surface area (Å²) in [7, 11) is 0. The number of aryl methyl sites for hydroxylation is 2. The Kier molecular flexibility index (Phi) is 5.31. The second-order valence-electron chi connectivity index (χ2n) is 6.63. The minimum atomic E-state index is -0.349. The predicted molar refractivity (Wildman–Crippen MR) is 110 cm³/mol. The average molecular weight is 400 g/mol. The fourth-order valence-electron chi connectivity index (χ4n) is 3.43. The predicted octanol–water partition coefficient (Wildman–Crippen LogP) is 3.33. The zero-order chi connectivity index (χ0) is 18.8. The molecule has 1 N–H and O–H groups in total. The number of hydrogen-bond donors (Lipinski definition) is 1. The Labute approximate surface area is 165 Å². The zero-order valence-electron chi connectivity index (χ0n) is 15.2. The summed E-state index contributed by atoms with van der Waals surface area (Å²) in [6.07, 6.45) is 8.31. The Morgan fingerprint density at radius 2 is 2.04 bits per heavy atom. The molecule has 2 aromatic heterocycles. The lowest BCUT2D eigenvalue weighted by Gasteiger charge is -2.10. The summed E-state index contributed by atoms with van der Waals surface area (Å²) >= 11 is 3.27. The van der Waals surface area contributed by atoms with Crippen LogP contribution < -0.4 is 10.9 Å². The Hall–Kier alpha value is -2.12. The number of amides is 1. The van der Waals surface area contributed by atoms with Crippen LogP contribution in [0.5, 0.6) is 0 Å². The number of carbonyl (C=O) groups is 1. The normalized spacial score (nSPS) is 13.5. The first-order valence-corrected chi connectivity index (χ1v) is 11.1. The topological polar surface area (TPSA) is 63.5 Å². The highest BCUT2D eigenvalue weighted by Gasteiger charge is 2.21. The number of nitrogens with zero attached hydrogens (tertiary/aromatic N) is 2. The van der Waals surface area contributed by atoms with Crippen LogP contribution in [-0.4, -0.2) is 28.1 Å². The lowest BCUT2D eigenvalue weighted by atomic mass is 10.0. The summed E-state index contributed by atoms with van der Waals surface area (Å²) in [5, 5.41) is 2.86. The Morgan fingerprint density at radius 3 is 2.81 bits per heavy atom. The van der Waals surface area contributed by atoms with E-state index in [1.54, 1.807) is 27.5 Å². The van der Waals surface area contributed by atoms with Crippen LogP contribution in [-0.2, 0) is 19.3 Å². The molecule has 27 heavy (non-hydrogen) atoms. The second kappa shape index (κ2) is 7.86. The summed E-state index contributed by atoms with van der Waals surface area (Å²) in [5.41, 5.74) is 2.07. The lowest BCUT2D eigenvalue weighted by Crippen LogP contribution is -2.33. The Balaban J connectivity index is 1.49. The van der Waals surface area contributed by atoms with Gasteiger partial charge in [-0.2, -0.15) is 0 Å². The lowest BCUT2D eigenvalue weighted by molar-refractivity contribution is 0.0952. The molecule has 1 aliphatic carbocycles. The standard InChI is InChI=1S/C20H21N3O2S2/c1-26-14-8-6-13(7-9-14)10-11-21-18(24)15-12-22-20-23(19(15)25)16-4-2-3-5-17(16)27-20/h6-9,12H,2-5,10-11H2,1H3,(H,21,24). The van der Waals surface area contributed by atoms with E-state index in [4.69, 9.17) is 0 Å². The molecule has 0 saturated carbocycles. The van der Waals surface area contributed by atoms with Crippen molar-refractivity contribution in [3.8, 4) is 0 Å². The van der Waals surface area contributed by atoms with Crippen LogP contribution in [0.25, 0.3) is 4.96 Å². The van der Waals surface area contributed by atoms with Crippen molar-refractivity contribution < 1.29 is 4.79 Å². The molecule has 0 bridgehead atoms. The number of benzene rings is 1. The van der Waals surface area contributed by atoms with Crippen LogP contribution in [0.2, 0.25) is 0 Å². The number of nitrogens with one attached hydrogen (secondary N) is 1. The smallest absolute Gasteiger partial charge is 0.271 e. The quantitative estimate of drug-likeness (QED) is 0.669. The Morgan fingerprint density at radius 1 is 1.26 bits per heavy atom. The monoisotopic (exact) mass is 399 g/mol. The number of hydrogen-bond acceptors (Lipinski definition) is 5. The van der Waals surface area contributed by atoms with E-state index < -0.39 is 0 Å². The van der Waals surface area contributed by atoms with Gasteiger partial charge < -0.3 is 5.32 Å². The Bertz CT molecular complexity index is 1040. The first kappa shape index (κ1) is 18.3. The maximum atomic E-state index is 12.9. The molecule has 0 saturated heterocycles. The maximum Gasteiger partial charge on any atom is 0.271 e. The van der Waals surface area contributed by atoms with Crippen LogP contribution in [0, 0.1) is 0 Å². The van der Waals surface area contributed by atoms with Crippen molar-refractivity contribution in [2.45, 2.75) is 37.0 Å². The van der Waals surface area contributed by atoms with Gasteiger partial charge in [0.15, 0.2) is 4.96 Å². The van der Waals surface area contributed by atoms with Gasteiger partial charge in [-0.3, -0.25) is 14.0 Å². The van der Waals surface area contributed by atoms with E-state index in [-0.39, 0.29) is 17.0 Å². The van der Waals surface area contributed by atoms with E-state index in [2.05, 4.69) is 34.6 Å². The molecule has 0 aliphatic heterocycles. The molecule has 1 aliphatic rings. The van der Waals surface area contributed by atoms with Crippen LogP contribution in [0.3, 0.4) is 0 Å². The van der Waals surface area contributed by atoms with Crippen molar-refractivity contribution in [3.63, 3.8) is 0 Å². The van der Waals surface area contributed by atoms with Crippen molar-refractivity contribution in [2.24, 2.45) is 0 Å². The fourth-order valence-corrected chi connectivity index (χ4v) is 5.01. The van der Waals surface area contributed by atoms with E-state index in [0.717, 1.165) is 43.4 Å². The van der Waals surface area contributed by atoms with Gasteiger partial charge in [-0.05, 0) is 56.1 Å². The number of thioether (sulfide) groups is 1. The van der Waals surface area contributed by atoms with Crippen LogP contribution >= 0.6 is 23.1 Å². The molecule has 140 valence electrons. The van der Waals surface area contributed by atoms with Crippen molar-refractivity contribution in [3.05, 3.63) is 62.5 Å². The van der Waals surface area contributed by atoms with E-state index in [9.17, 15) is 9.59 Å².